The summed E-state index contributed by atoms with van der Waals surface area (Å²) in [5, 5.41) is 9.19. The quantitative estimate of drug-likeness (QED) is 0.799. The van der Waals surface area contributed by atoms with E-state index in [1.807, 2.05) is 33.9 Å². The van der Waals surface area contributed by atoms with Crippen molar-refractivity contribution in [3.05, 3.63) is 23.7 Å². The predicted octanol–water partition coefficient (Wildman–Crippen LogP) is 1.79. The van der Waals surface area contributed by atoms with E-state index in [2.05, 4.69) is 4.90 Å². The molecule has 3 heteroatoms. The van der Waals surface area contributed by atoms with E-state index in [9.17, 15) is 5.11 Å². The fourth-order valence-corrected chi connectivity index (χ4v) is 1.12. The van der Waals surface area contributed by atoms with Gasteiger partial charge in [-0.2, -0.15) is 0 Å². The minimum absolute atomic E-state index is 0.142. The molecule has 1 heterocycles. The number of aliphatic hydroxyl groups is 1. The van der Waals surface area contributed by atoms with E-state index < -0.39 is 0 Å². The fourth-order valence-electron chi connectivity index (χ4n) is 1.12. The maximum absolute atomic E-state index is 9.19. The van der Waals surface area contributed by atoms with Gasteiger partial charge in [0.2, 0.25) is 0 Å². The molecule has 0 aliphatic carbocycles. The number of aliphatic hydroxyl groups excluding tert-OH is 1. The number of hydrogen-bond donors (Lipinski definition) is 1. The van der Waals surface area contributed by atoms with Crippen molar-refractivity contribution in [1.29, 1.82) is 0 Å². The highest BCUT2D eigenvalue weighted by Crippen LogP contribution is 2.17. The molecule has 0 spiro atoms. The van der Waals surface area contributed by atoms with Crippen LogP contribution in [0.1, 0.15) is 25.2 Å². The molecule has 1 N–H and O–H groups in total. The molecule has 1 rings (SSSR count). The van der Waals surface area contributed by atoms with Gasteiger partial charge in [-0.15, -0.1) is 0 Å². The van der Waals surface area contributed by atoms with Gasteiger partial charge < -0.3 is 9.52 Å². The standard InChI is InChI=1S/C11H19NO2/c1-9-5-6-14-10(9)7-12(4)11(2,3)8-13/h5-6,13H,7-8H2,1-4H3. The van der Waals surface area contributed by atoms with Gasteiger partial charge in [0.25, 0.3) is 0 Å². The van der Waals surface area contributed by atoms with Gasteiger partial charge in [0, 0.05) is 5.54 Å². The van der Waals surface area contributed by atoms with E-state index in [0.717, 1.165) is 17.9 Å². The molecule has 0 atom stereocenters. The summed E-state index contributed by atoms with van der Waals surface area (Å²) in [6, 6.07) is 1.95. The van der Waals surface area contributed by atoms with Crippen molar-refractivity contribution < 1.29 is 9.52 Å². The van der Waals surface area contributed by atoms with Crippen LogP contribution in [0.2, 0.25) is 0 Å². The average Bonchev–Trinajstić information content (AvgIpc) is 2.52. The summed E-state index contributed by atoms with van der Waals surface area (Å²) < 4.78 is 5.35. The predicted molar refractivity (Wildman–Crippen MR) is 56.1 cm³/mol. The first-order chi connectivity index (χ1) is 6.47. The van der Waals surface area contributed by atoms with E-state index in [0.29, 0.717) is 0 Å². The second kappa shape index (κ2) is 4.15. The van der Waals surface area contributed by atoms with Gasteiger partial charge in [0.15, 0.2) is 0 Å². The van der Waals surface area contributed by atoms with E-state index in [1.165, 1.54) is 0 Å². The Bertz CT molecular complexity index is 291. The molecular formula is C11H19NO2. The molecule has 1 aromatic heterocycles. The zero-order chi connectivity index (χ0) is 10.8. The lowest BCUT2D eigenvalue weighted by Gasteiger charge is -2.33. The van der Waals surface area contributed by atoms with Gasteiger partial charge in [0.05, 0.1) is 19.4 Å². The monoisotopic (exact) mass is 197 g/mol. The van der Waals surface area contributed by atoms with Gasteiger partial charge in [-0.05, 0) is 39.4 Å². The van der Waals surface area contributed by atoms with Crippen LogP contribution in [0.15, 0.2) is 16.7 Å². The van der Waals surface area contributed by atoms with Gasteiger partial charge in [-0.25, -0.2) is 0 Å². The number of aryl methyl sites for hydroxylation is 1. The lowest BCUT2D eigenvalue weighted by molar-refractivity contribution is 0.0680. The zero-order valence-corrected chi connectivity index (χ0v) is 9.37. The van der Waals surface area contributed by atoms with E-state index in [-0.39, 0.29) is 12.1 Å². The van der Waals surface area contributed by atoms with Crippen molar-refractivity contribution in [2.24, 2.45) is 0 Å². The average molecular weight is 197 g/mol. The lowest BCUT2D eigenvalue weighted by Crippen LogP contribution is -2.43. The highest BCUT2D eigenvalue weighted by Gasteiger charge is 2.23. The molecule has 0 aromatic carbocycles. The summed E-state index contributed by atoms with van der Waals surface area (Å²) in [4.78, 5) is 2.08. The number of likely N-dealkylation sites (N-methyl/N-ethyl adjacent to an activating group) is 1. The summed E-state index contributed by atoms with van der Waals surface area (Å²) in [7, 11) is 1.98. The maximum atomic E-state index is 9.19. The highest BCUT2D eigenvalue weighted by molar-refractivity contribution is 5.14. The Morgan fingerprint density at radius 2 is 2.14 bits per heavy atom. The highest BCUT2D eigenvalue weighted by atomic mass is 16.3. The number of hydrogen-bond acceptors (Lipinski definition) is 3. The first-order valence-electron chi connectivity index (χ1n) is 4.82. The maximum Gasteiger partial charge on any atom is 0.120 e. The van der Waals surface area contributed by atoms with Crippen molar-refractivity contribution in [1.82, 2.24) is 4.90 Å². The number of rotatable bonds is 4. The van der Waals surface area contributed by atoms with Crippen LogP contribution in [0.5, 0.6) is 0 Å². The molecule has 3 nitrogen and oxygen atoms in total. The Balaban J connectivity index is 2.66. The smallest absolute Gasteiger partial charge is 0.120 e. The molecule has 0 amide bonds. The van der Waals surface area contributed by atoms with Crippen LogP contribution < -0.4 is 0 Å². The van der Waals surface area contributed by atoms with Crippen LogP contribution in [-0.2, 0) is 6.54 Å². The summed E-state index contributed by atoms with van der Waals surface area (Å²) in [5.74, 6) is 0.967. The van der Waals surface area contributed by atoms with Gasteiger partial charge in [0.1, 0.15) is 5.76 Å². The minimum Gasteiger partial charge on any atom is -0.468 e. The lowest BCUT2D eigenvalue weighted by atomic mass is 10.0. The zero-order valence-electron chi connectivity index (χ0n) is 9.37. The Hall–Kier alpha value is -0.800. The molecule has 80 valence electrons. The van der Waals surface area contributed by atoms with Crippen LogP contribution >= 0.6 is 0 Å². The molecule has 0 unspecified atom stereocenters. The molecule has 0 aliphatic heterocycles. The Labute approximate surface area is 85.3 Å². The van der Waals surface area contributed by atoms with Crippen LogP contribution in [0.4, 0.5) is 0 Å². The van der Waals surface area contributed by atoms with Crippen molar-refractivity contribution >= 4 is 0 Å². The minimum atomic E-state index is -0.209. The summed E-state index contributed by atoms with van der Waals surface area (Å²) >= 11 is 0. The van der Waals surface area contributed by atoms with E-state index in [1.54, 1.807) is 6.26 Å². The van der Waals surface area contributed by atoms with Crippen molar-refractivity contribution in [3.8, 4) is 0 Å². The number of furan rings is 1. The largest absolute Gasteiger partial charge is 0.468 e. The van der Waals surface area contributed by atoms with E-state index >= 15 is 0 Å². The molecule has 1 aromatic rings. The van der Waals surface area contributed by atoms with Crippen molar-refractivity contribution in [2.45, 2.75) is 32.9 Å². The third kappa shape index (κ3) is 2.36. The Kier molecular flexibility index (Phi) is 3.34. The summed E-state index contributed by atoms with van der Waals surface area (Å²) in [6.45, 7) is 6.91. The van der Waals surface area contributed by atoms with Crippen LogP contribution in [0, 0.1) is 6.92 Å². The SMILES string of the molecule is Cc1ccoc1CN(C)C(C)(C)CO. The first-order valence-corrected chi connectivity index (χ1v) is 4.82. The molecule has 0 fully saturated rings. The molecular weight excluding hydrogens is 178 g/mol. The second-order valence-corrected chi connectivity index (χ2v) is 4.35. The molecule has 0 saturated heterocycles. The second-order valence-electron chi connectivity index (χ2n) is 4.35. The third-order valence-corrected chi connectivity index (χ3v) is 2.77. The van der Waals surface area contributed by atoms with Crippen molar-refractivity contribution in [3.63, 3.8) is 0 Å². The first kappa shape index (κ1) is 11.3. The van der Waals surface area contributed by atoms with Gasteiger partial charge >= 0.3 is 0 Å². The Morgan fingerprint density at radius 1 is 1.50 bits per heavy atom. The molecule has 0 radical (unpaired) electrons. The summed E-state index contributed by atoms with van der Waals surface area (Å²) in [6.07, 6.45) is 1.70. The molecule has 14 heavy (non-hydrogen) atoms. The third-order valence-electron chi connectivity index (χ3n) is 2.77. The van der Waals surface area contributed by atoms with E-state index in [4.69, 9.17) is 4.42 Å². The fraction of sp³-hybridized carbons (Fsp3) is 0.636. The van der Waals surface area contributed by atoms with Crippen molar-refractivity contribution in [2.75, 3.05) is 13.7 Å². The molecule has 0 aliphatic rings. The van der Waals surface area contributed by atoms with Crippen LogP contribution in [0.3, 0.4) is 0 Å². The van der Waals surface area contributed by atoms with Crippen LogP contribution in [-0.4, -0.2) is 29.2 Å². The summed E-state index contributed by atoms with van der Waals surface area (Å²) in [5.41, 5.74) is 0.949. The van der Waals surface area contributed by atoms with Crippen LogP contribution in [0.25, 0.3) is 0 Å². The number of nitrogens with zero attached hydrogens (tertiary/aromatic N) is 1. The molecule has 0 saturated carbocycles. The normalized spacial score (nSPS) is 12.4. The molecule has 0 bridgehead atoms. The Morgan fingerprint density at radius 3 is 2.57 bits per heavy atom. The topological polar surface area (TPSA) is 36.6 Å². The van der Waals surface area contributed by atoms with Gasteiger partial charge in [-0.1, -0.05) is 0 Å². The van der Waals surface area contributed by atoms with Gasteiger partial charge in [-0.3, -0.25) is 4.90 Å².